The molecule has 0 saturated heterocycles. The predicted octanol–water partition coefficient (Wildman–Crippen LogP) is 2.37. The van der Waals surface area contributed by atoms with Crippen LogP contribution < -0.4 is 10.6 Å². The molecule has 0 aliphatic rings. The molecule has 0 fully saturated rings. The summed E-state index contributed by atoms with van der Waals surface area (Å²) in [7, 11) is 0. The number of aliphatic hydroxyl groups is 1. The van der Waals surface area contributed by atoms with E-state index >= 15 is 0 Å². The number of nitrogens with zero attached hydrogens (tertiary/aromatic N) is 1. The van der Waals surface area contributed by atoms with Crippen molar-refractivity contribution >= 4 is 17.4 Å². The van der Waals surface area contributed by atoms with Gasteiger partial charge in [0.2, 0.25) is 0 Å². The maximum atomic E-state index is 11.8. The molecule has 0 radical (unpaired) electrons. The van der Waals surface area contributed by atoms with Crippen molar-refractivity contribution in [2.45, 2.75) is 39.8 Å². The molecule has 2 heterocycles. The smallest absolute Gasteiger partial charge is 0.315 e. The van der Waals surface area contributed by atoms with Gasteiger partial charge in [0.25, 0.3) is 0 Å². The van der Waals surface area contributed by atoms with Crippen LogP contribution in [0, 0.1) is 20.8 Å². The molecule has 1 atom stereocenters. The Balaban J connectivity index is 1.83. The molecule has 0 bridgehead atoms. The molecular weight excluding hydrogens is 302 g/mol. The van der Waals surface area contributed by atoms with E-state index in [1.807, 2.05) is 13.8 Å². The molecule has 0 aliphatic carbocycles. The monoisotopic (exact) mass is 323 g/mol. The summed E-state index contributed by atoms with van der Waals surface area (Å²) >= 11 is 1.60. The van der Waals surface area contributed by atoms with Crippen molar-refractivity contribution in [1.29, 1.82) is 0 Å². The molecule has 7 heteroatoms. The molecule has 120 valence electrons. The number of rotatable bonds is 5. The fraction of sp³-hybridized carbons (Fsp3) is 0.467. The third-order valence-electron chi connectivity index (χ3n) is 3.28. The third-order valence-corrected chi connectivity index (χ3v) is 4.21. The zero-order valence-electron chi connectivity index (χ0n) is 13.2. The highest BCUT2D eigenvalue weighted by molar-refractivity contribution is 7.11. The zero-order valence-corrected chi connectivity index (χ0v) is 14.0. The molecule has 0 spiro atoms. The third kappa shape index (κ3) is 4.08. The van der Waals surface area contributed by atoms with Gasteiger partial charge in [-0.25, -0.2) is 9.78 Å². The fourth-order valence-corrected chi connectivity index (χ4v) is 2.86. The Hall–Kier alpha value is -1.86. The second-order valence-electron chi connectivity index (χ2n) is 5.46. The van der Waals surface area contributed by atoms with Crippen molar-refractivity contribution < 1.29 is 14.3 Å². The van der Waals surface area contributed by atoms with Gasteiger partial charge in [0, 0.05) is 4.88 Å². The van der Waals surface area contributed by atoms with Gasteiger partial charge in [-0.05, 0) is 39.8 Å². The summed E-state index contributed by atoms with van der Waals surface area (Å²) in [5, 5.41) is 16.7. The number of carbonyl (C=O) groups is 1. The van der Waals surface area contributed by atoms with Gasteiger partial charge in [-0.2, -0.15) is 0 Å². The zero-order chi connectivity index (χ0) is 16.3. The molecule has 2 aromatic heterocycles. The molecule has 6 nitrogen and oxygen atoms in total. The van der Waals surface area contributed by atoms with Crippen LogP contribution in [0.3, 0.4) is 0 Å². The van der Waals surface area contributed by atoms with Crippen molar-refractivity contribution in [1.82, 2.24) is 15.6 Å². The second-order valence-corrected chi connectivity index (χ2v) is 6.86. The Morgan fingerprint density at radius 3 is 2.64 bits per heavy atom. The number of carbonyl (C=O) groups excluding carboxylic acids is 1. The minimum atomic E-state index is -1.25. The van der Waals surface area contributed by atoms with Gasteiger partial charge in [0.1, 0.15) is 17.1 Å². The summed E-state index contributed by atoms with van der Waals surface area (Å²) in [4.78, 5) is 17.3. The predicted molar refractivity (Wildman–Crippen MR) is 84.8 cm³/mol. The first-order chi connectivity index (χ1) is 10.3. The van der Waals surface area contributed by atoms with Gasteiger partial charge in [0.15, 0.2) is 0 Å². The van der Waals surface area contributed by atoms with Gasteiger partial charge in [-0.3, -0.25) is 0 Å². The number of amides is 2. The average molecular weight is 323 g/mol. The van der Waals surface area contributed by atoms with Crippen LogP contribution >= 0.6 is 11.3 Å². The van der Waals surface area contributed by atoms with Gasteiger partial charge in [-0.15, -0.1) is 11.3 Å². The summed E-state index contributed by atoms with van der Waals surface area (Å²) < 4.78 is 5.40. The van der Waals surface area contributed by atoms with Crippen LogP contribution in [-0.4, -0.2) is 22.7 Å². The molecule has 3 N–H and O–H groups in total. The number of aryl methyl sites for hydroxylation is 3. The number of hydrogen-bond acceptors (Lipinski definition) is 5. The van der Waals surface area contributed by atoms with Crippen LogP contribution in [0.25, 0.3) is 0 Å². The first-order valence-corrected chi connectivity index (χ1v) is 7.83. The molecule has 0 aliphatic heterocycles. The van der Waals surface area contributed by atoms with E-state index in [0.29, 0.717) is 18.1 Å². The van der Waals surface area contributed by atoms with Gasteiger partial charge < -0.3 is 20.2 Å². The van der Waals surface area contributed by atoms with E-state index in [-0.39, 0.29) is 12.6 Å². The Kier molecular flexibility index (Phi) is 4.87. The minimum absolute atomic E-state index is 0.0564. The van der Waals surface area contributed by atoms with Crippen LogP contribution in [0.15, 0.2) is 16.5 Å². The topological polar surface area (TPSA) is 87.4 Å². The molecule has 0 aromatic carbocycles. The molecule has 2 amide bonds. The highest BCUT2D eigenvalue weighted by atomic mass is 32.1. The van der Waals surface area contributed by atoms with E-state index in [9.17, 15) is 9.90 Å². The molecule has 22 heavy (non-hydrogen) atoms. The van der Waals surface area contributed by atoms with E-state index < -0.39 is 5.60 Å². The number of urea groups is 1. The van der Waals surface area contributed by atoms with E-state index in [2.05, 4.69) is 15.6 Å². The summed E-state index contributed by atoms with van der Waals surface area (Å²) in [6.07, 6.45) is 0. The highest BCUT2D eigenvalue weighted by Gasteiger charge is 2.27. The summed E-state index contributed by atoms with van der Waals surface area (Å²) in [5.74, 6) is 1.14. The van der Waals surface area contributed by atoms with E-state index in [4.69, 9.17) is 4.42 Å². The first-order valence-electron chi connectivity index (χ1n) is 7.02. The lowest BCUT2D eigenvalue weighted by Crippen LogP contribution is -2.43. The Labute approximate surface area is 133 Å². The number of thiazole rings is 1. The quantitative estimate of drug-likeness (QED) is 0.788. The number of nitrogens with one attached hydrogen (secondary N) is 2. The van der Waals surface area contributed by atoms with Crippen molar-refractivity contribution in [3.8, 4) is 0 Å². The molecular formula is C15H21N3O3S. The van der Waals surface area contributed by atoms with Crippen LogP contribution in [0.1, 0.15) is 34.0 Å². The minimum Gasteiger partial charge on any atom is -0.463 e. The molecule has 1 unspecified atom stereocenters. The maximum absolute atomic E-state index is 11.8. The van der Waals surface area contributed by atoms with Crippen LogP contribution in [-0.2, 0) is 12.1 Å². The second kappa shape index (κ2) is 6.50. The van der Waals surface area contributed by atoms with Crippen LogP contribution in [0.2, 0.25) is 0 Å². The Morgan fingerprint density at radius 2 is 2.09 bits per heavy atom. The largest absolute Gasteiger partial charge is 0.463 e. The average Bonchev–Trinajstić information content (AvgIpc) is 3.00. The molecule has 2 rings (SSSR count). The Bertz CT molecular complexity index is 661. The van der Waals surface area contributed by atoms with Crippen molar-refractivity contribution in [2.75, 3.05) is 6.54 Å². The summed E-state index contributed by atoms with van der Waals surface area (Å²) in [6, 6.07) is 3.13. The normalized spacial score (nSPS) is 13.7. The van der Waals surface area contributed by atoms with E-state index in [0.717, 1.165) is 15.6 Å². The first kappa shape index (κ1) is 16.5. The van der Waals surface area contributed by atoms with Crippen LogP contribution in [0.4, 0.5) is 4.79 Å². The van der Waals surface area contributed by atoms with Gasteiger partial charge in [0.05, 0.1) is 23.8 Å². The Morgan fingerprint density at radius 1 is 1.36 bits per heavy atom. The van der Waals surface area contributed by atoms with E-state index in [1.165, 1.54) is 0 Å². The fourth-order valence-electron chi connectivity index (χ4n) is 2.03. The number of hydrogen-bond donors (Lipinski definition) is 3. The maximum Gasteiger partial charge on any atom is 0.315 e. The molecule has 2 aromatic rings. The van der Waals surface area contributed by atoms with Gasteiger partial charge >= 0.3 is 6.03 Å². The lowest BCUT2D eigenvalue weighted by Gasteiger charge is -2.21. The summed E-state index contributed by atoms with van der Waals surface area (Å²) in [6.45, 7) is 7.73. The standard InChI is InChI=1S/C15H21N3O3S/c1-9-5-6-13(21-9)15(4,20)8-17-14(19)16-7-12-10(2)22-11(3)18-12/h5-6,20H,7-8H2,1-4H3,(H2,16,17,19). The van der Waals surface area contributed by atoms with Crippen molar-refractivity contribution in [3.05, 3.63) is 39.2 Å². The SMILES string of the molecule is Cc1ccc(C(C)(O)CNC(=O)NCc2nc(C)sc2C)o1. The van der Waals surface area contributed by atoms with E-state index in [1.54, 1.807) is 37.3 Å². The van der Waals surface area contributed by atoms with Gasteiger partial charge in [-0.1, -0.05) is 0 Å². The van der Waals surface area contributed by atoms with Crippen molar-refractivity contribution in [3.63, 3.8) is 0 Å². The lowest BCUT2D eigenvalue weighted by atomic mass is 10.0. The van der Waals surface area contributed by atoms with Crippen molar-refractivity contribution in [2.24, 2.45) is 0 Å². The van der Waals surface area contributed by atoms with Crippen LogP contribution in [0.5, 0.6) is 0 Å². The number of aromatic nitrogens is 1. The summed E-state index contributed by atoms with van der Waals surface area (Å²) in [5.41, 5.74) is -0.385. The highest BCUT2D eigenvalue weighted by Crippen LogP contribution is 2.21. The lowest BCUT2D eigenvalue weighted by molar-refractivity contribution is 0.0359. The number of furan rings is 1. The molecule has 0 saturated carbocycles.